The van der Waals surface area contributed by atoms with Crippen molar-refractivity contribution in [2.45, 2.75) is 194 Å². The molecule has 9 rings (SSSR count). The third kappa shape index (κ3) is 17.8. The number of ether oxygens (including phenoxy) is 2. The molecule has 438 valence electrons. The van der Waals surface area contributed by atoms with Crippen LogP contribution in [-0.2, 0) is 37.3 Å². The topological polar surface area (TPSA) is 159 Å². The maximum atomic E-state index is 13.2. The first-order valence-corrected chi connectivity index (χ1v) is 31.0. The van der Waals surface area contributed by atoms with Gasteiger partial charge in [0, 0.05) is 58.3 Å². The van der Waals surface area contributed by atoms with Gasteiger partial charge >= 0.3 is 11.9 Å². The van der Waals surface area contributed by atoms with Gasteiger partial charge < -0.3 is 20.5 Å². The molecule has 3 heterocycles. The van der Waals surface area contributed by atoms with Crippen molar-refractivity contribution in [1.29, 1.82) is 0 Å². The predicted molar refractivity (Wildman–Crippen MR) is 337 cm³/mol. The van der Waals surface area contributed by atoms with Crippen molar-refractivity contribution in [2.24, 2.45) is 17.6 Å². The molecule has 2 saturated carbocycles. The lowest BCUT2D eigenvalue weighted by Gasteiger charge is -2.28. The first-order chi connectivity index (χ1) is 39.5. The number of carbonyl (C=O) groups excluding carboxylic acids is 3. The van der Waals surface area contributed by atoms with Gasteiger partial charge in [0.25, 0.3) is 5.91 Å². The van der Waals surface area contributed by atoms with Gasteiger partial charge in [-0.1, -0.05) is 145 Å². The molecule has 0 saturated heterocycles. The summed E-state index contributed by atoms with van der Waals surface area (Å²) in [6.45, 7) is 22.0. The number of benzene rings is 4. The number of nitrogens with two attached hydrogens (primary N) is 1. The third-order valence-electron chi connectivity index (χ3n) is 16.2. The Hall–Kier alpha value is -6.89. The SMILES string of the molecule is CCC1CCC(c2ccc(-c3cnc(-c4ccc(C[C@H](N)C(=O)OC(C)(C)C)cc4)nc3)cc2)CC1.CCC1CCC(c2ccc(-c3cnc(-c4ccc(C[C@H](NC(=O)c5ccc(C(C)(C)C)s5)C(=O)OC(C)(C)C)cc4)nc3)cc2)CC1. The Labute approximate surface area is 498 Å². The molecule has 0 spiro atoms. The average Bonchev–Trinajstić information content (AvgIpc) is 4.08. The summed E-state index contributed by atoms with van der Waals surface area (Å²) in [6.07, 6.45) is 21.4. The summed E-state index contributed by atoms with van der Waals surface area (Å²) < 4.78 is 11.1. The number of esters is 2. The van der Waals surface area contributed by atoms with Crippen molar-refractivity contribution in [3.63, 3.8) is 0 Å². The molecule has 7 aromatic rings. The molecule has 0 radical (unpaired) electrons. The van der Waals surface area contributed by atoms with E-state index >= 15 is 0 Å². The molecule has 83 heavy (non-hydrogen) atoms. The standard InChI is InChI=1S/C40H49N3O3S.C31H39N3O2/c1-8-26-9-13-28(14-10-26)29-17-19-30(20-18-29)32-24-41-36(42-25-32)31-15-11-27(12-16-31)23-33(38(45)46-40(5,6)7)43-37(44)34-21-22-35(47-34)39(2,3)4;1-5-21-6-10-23(11-7-21)24-14-16-25(17-15-24)27-19-33-29(34-20-27)26-12-8-22(9-13-26)18-28(32)30(35)36-31(2,3)4/h11-12,15-22,24-26,28,33H,8-10,13-14,23H2,1-7H3,(H,43,44);8-9,12-17,19-21,23,28H,5-7,10-11,18,32H2,1-4H3/t26?,28?,33-;21?,23?,28-/m00/s1. The molecule has 11 nitrogen and oxygen atoms in total. The summed E-state index contributed by atoms with van der Waals surface area (Å²) >= 11 is 1.45. The van der Waals surface area contributed by atoms with Crippen LogP contribution in [0.15, 0.2) is 134 Å². The lowest BCUT2D eigenvalue weighted by molar-refractivity contribution is -0.157. The Morgan fingerprint density at radius 3 is 1.27 bits per heavy atom. The lowest BCUT2D eigenvalue weighted by Crippen LogP contribution is -2.45. The minimum atomic E-state index is -0.832. The highest BCUT2D eigenvalue weighted by atomic mass is 32.1. The summed E-state index contributed by atoms with van der Waals surface area (Å²) in [4.78, 5) is 58.8. The molecule has 4 aromatic carbocycles. The number of hydrogen-bond donors (Lipinski definition) is 2. The van der Waals surface area contributed by atoms with E-state index in [1.807, 2.05) is 127 Å². The van der Waals surface area contributed by atoms with Gasteiger partial charge in [-0.25, -0.2) is 24.7 Å². The normalized spacial score (nSPS) is 18.2. The quantitative estimate of drug-likeness (QED) is 0.0892. The van der Waals surface area contributed by atoms with E-state index in [2.05, 4.69) is 108 Å². The van der Waals surface area contributed by atoms with Crippen molar-refractivity contribution < 1.29 is 23.9 Å². The van der Waals surface area contributed by atoms with Crippen molar-refractivity contribution in [2.75, 3.05) is 0 Å². The number of carbonyl (C=O) groups is 3. The highest BCUT2D eigenvalue weighted by Crippen LogP contribution is 2.39. The summed E-state index contributed by atoms with van der Waals surface area (Å²) in [6, 6.07) is 35.8. The van der Waals surface area contributed by atoms with E-state index in [0.29, 0.717) is 41.2 Å². The van der Waals surface area contributed by atoms with Crippen molar-refractivity contribution in [1.82, 2.24) is 25.3 Å². The minimum Gasteiger partial charge on any atom is -0.459 e. The zero-order valence-corrected chi connectivity index (χ0v) is 51.8. The molecule has 2 fully saturated rings. The summed E-state index contributed by atoms with van der Waals surface area (Å²) in [7, 11) is 0. The van der Waals surface area contributed by atoms with E-state index in [-0.39, 0.29) is 17.3 Å². The van der Waals surface area contributed by atoms with Crippen molar-refractivity contribution in [3.05, 3.63) is 166 Å². The van der Waals surface area contributed by atoms with E-state index in [1.165, 1.54) is 86.7 Å². The van der Waals surface area contributed by atoms with Gasteiger partial charge in [-0.05, 0) is 174 Å². The Balaban J connectivity index is 0.000000225. The molecule has 12 heteroatoms. The van der Waals surface area contributed by atoms with Gasteiger partial charge in [-0.3, -0.25) is 9.59 Å². The Bertz CT molecular complexity index is 3190. The molecule has 3 aromatic heterocycles. The molecule has 0 unspecified atom stereocenters. The Morgan fingerprint density at radius 2 is 0.892 bits per heavy atom. The Morgan fingerprint density at radius 1 is 0.506 bits per heavy atom. The van der Waals surface area contributed by atoms with Crippen LogP contribution in [0, 0.1) is 11.8 Å². The maximum absolute atomic E-state index is 13.2. The number of aromatic nitrogens is 4. The van der Waals surface area contributed by atoms with Crippen LogP contribution in [-0.4, -0.2) is 61.1 Å². The second-order valence-electron chi connectivity index (χ2n) is 26.0. The van der Waals surface area contributed by atoms with Gasteiger partial charge in [0.05, 0.1) is 4.88 Å². The average molecular weight is 1140 g/mol. The van der Waals surface area contributed by atoms with E-state index in [9.17, 15) is 14.4 Å². The molecular formula is C71H88N6O5S. The van der Waals surface area contributed by atoms with Gasteiger partial charge in [0.1, 0.15) is 23.3 Å². The fourth-order valence-corrected chi connectivity index (χ4v) is 12.1. The lowest BCUT2D eigenvalue weighted by atomic mass is 9.78. The fraction of sp³-hybridized carbons (Fsp3) is 0.451. The summed E-state index contributed by atoms with van der Waals surface area (Å²) in [5, 5.41) is 2.94. The smallest absolute Gasteiger partial charge is 0.329 e. The van der Waals surface area contributed by atoms with Gasteiger partial charge in [-0.15, -0.1) is 11.3 Å². The van der Waals surface area contributed by atoms with Crippen LogP contribution < -0.4 is 11.1 Å². The van der Waals surface area contributed by atoms with E-state index in [4.69, 9.17) is 15.2 Å². The molecule has 2 aliphatic rings. The molecule has 1 amide bonds. The van der Waals surface area contributed by atoms with Crippen LogP contribution in [0.25, 0.3) is 45.0 Å². The number of amides is 1. The van der Waals surface area contributed by atoms with Crippen LogP contribution in [0.5, 0.6) is 0 Å². The first-order valence-electron chi connectivity index (χ1n) is 30.2. The first kappa shape index (κ1) is 62.2. The molecule has 2 aliphatic carbocycles. The molecule has 3 N–H and O–H groups in total. The summed E-state index contributed by atoms with van der Waals surface area (Å²) in [5.74, 6) is 3.37. The molecule has 0 bridgehead atoms. The van der Waals surface area contributed by atoms with Crippen LogP contribution in [0.4, 0.5) is 0 Å². The van der Waals surface area contributed by atoms with Crippen LogP contribution in [0.3, 0.4) is 0 Å². The minimum absolute atomic E-state index is 0.0575. The number of nitrogens with one attached hydrogen (secondary N) is 1. The predicted octanol–water partition coefficient (Wildman–Crippen LogP) is 16.2. The number of thiophene rings is 1. The maximum Gasteiger partial charge on any atom is 0.329 e. The van der Waals surface area contributed by atoms with Gasteiger partial charge in [-0.2, -0.15) is 0 Å². The highest BCUT2D eigenvalue weighted by Gasteiger charge is 2.30. The van der Waals surface area contributed by atoms with Gasteiger partial charge in [0.2, 0.25) is 0 Å². The highest BCUT2D eigenvalue weighted by molar-refractivity contribution is 7.14. The van der Waals surface area contributed by atoms with Gasteiger partial charge in [0.15, 0.2) is 11.6 Å². The second kappa shape index (κ2) is 27.7. The fourth-order valence-electron chi connectivity index (χ4n) is 11.1. The van der Waals surface area contributed by atoms with Crippen molar-refractivity contribution in [3.8, 4) is 45.0 Å². The van der Waals surface area contributed by atoms with E-state index in [0.717, 1.165) is 61.2 Å². The molecule has 0 aliphatic heterocycles. The van der Waals surface area contributed by atoms with E-state index in [1.54, 1.807) is 0 Å². The zero-order chi connectivity index (χ0) is 59.5. The molecule has 2 atom stereocenters. The van der Waals surface area contributed by atoms with Crippen LogP contribution in [0.2, 0.25) is 0 Å². The third-order valence-corrected chi connectivity index (χ3v) is 17.7. The van der Waals surface area contributed by atoms with Crippen molar-refractivity contribution >= 4 is 29.2 Å². The van der Waals surface area contributed by atoms with Crippen LogP contribution >= 0.6 is 11.3 Å². The van der Waals surface area contributed by atoms with E-state index < -0.39 is 29.3 Å². The second-order valence-corrected chi connectivity index (χ2v) is 27.1. The van der Waals surface area contributed by atoms with Crippen LogP contribution in [0.1, 0.15) is 189 Å². The molecular weight excluding hydrogens is 1050 g/mol. The largest absolute Gasteiger partial charge is 0.459 e. The Kier molecular flexibility index (Phi) is 20.7. The zero-order valence-electron chi connectivity index (χ0n) is 51.0. The number of rotatable bonds is 16. The number of hydrogen-bond acceptors (Lipinski definition) is 11. The summed E-state index contributed by atoms with van der Waals surface area (Å²) in [5.41, 5.74) is 15.6. The monoisotopic (exact) mass is 1140 g/mol. The number of nitrogens with zero attached hydrogens (tertiary/aromatic N) is 4.